The number of Topliss-reactive ketones (excluding diaryl/α,β-unsaturated/α-hetero) is 2. The second kappa shape index (κ2) is 40.4. The lowest BCUT2D eigenvalue weighted by Gasteiger charge is -2.49. The van der Waals surface area contributed by atoms with Crippen LogP contribution < -0.4 is 0 Å². The molecule has 0 saturated carbocycles. The minimum atomic E-state index is -4.23. The fourth-order valence-electron chi connectivity index (χ4n) is 13.9. The van der Waals surface area contributed by atoms with Crippen LogP contribution in [0.15, 0.2) is 48.5 Å². The summed E-state index contributed by atoms with van der Waals surface area (Å²) in [6.45, 7) is 22.7. The molecule has 22 nitrogen and oxygen atoms in total. The first-order valence-electron chi connectivity index (χ1n) is 35.6. The van der Waals surface area contributed by atoms with Crippen LogP contribution in [0.1, 0.15) is 221 Å². The van der Waals surface area contributed by atoms with Crippen molar-refractivity contribution in [1.82, 2.24) is 9.80 Å². The van der Waals surface area contributed by atoms with Crippen LogP contribution in [-0.4, -0.2) is 204 Å². The number of ketones is 2. The summed E-state index contributed by atoms with van der Waals surface area (Å²) in [6.07, 6.45) is 4.71. The van der Waals surface area contributed by atoms with Gasteiger partial charge in [-0.25, -0.2) is 8.57 Å². The van der Waals surface area contributed by atoms with E-state index in [0.29, 0.717) is 42.7 Å². The van der Waals surface area contributed by atoms with Crippen molar-refractivity contribution < 1.29 is 99.4 Å². The molecule has 25 heteroatoms. The molecule has 4 saturated heterocycles. The zero-order valence-electron chi connectivity index (χ0n) is 61.0. The van der Waals surface area contributed by atoms with Crippen LogP contribution >= 0.6 is 11.6 Å². The number of hydrogen-bond donors (Lipinski definition) is 6. The molecule has 562 valence electrons. The molecule has 4 heterocycles. The Balaban J connectivity index is 0.000000386. The van der Waals surface area contributed by atoms with Gasteiger partial charge < -0.3 is 68.5 Å². The lowest BCUT2D eigenvalue weighted by Crippen LogP contribution is -2.61. The Labute approximate surface area is 588 Å². The number of rotatable bonds is 27. The second-order valence-corrected chi connectivity index (χ2v) is 30.2. The Bertz CT molecular complexity index is 2830. The Kier molecular flexibility index (Phi) is 35.8. The third kappa shape index (κ3) is 26.2. The van der Waals surface area contributed by atoms with Gasteiger partial charge in [0.2, 0.25) is 0 Å². The zero-order valence-corrected chi connectivity index (χ0v) is 62.6. The van der Waals surface area contributed by atoms with Crippen LogP contribution in [-0.2, 0) is 67.7 Å². The van der Waals surface area contributed by atoms with E-state index in [1.807, 2.05) is 50.2 Å². The van der Waals surface area contributed by atoms with Gasteiger partial charge in [0.15, 0.2) is 24.5 Å². The van der Waals surface area contributed by atoms with Crippen molar-refractivity contribution >= 4 is 45.5 Å². The van der Waals surface area contributed by atoms with Gasteiger partial charge in [-0.2, -0.15) is 8.42 Å². The predicted molar refractivity (Wildman–Crippen MR) is 371 cm³/mol. The molecule has 18 unspecified atom stereocenters. The normalized spacial score (nSPS) is 32.9. The van der Waals surface area contributed by atoms with Gasteiger partial charge in [-0.05, 0) is 149 Å². The van der Waals surface area contributed by atoms with Crippen LogP contribution in [0.4, 0.5) is 4.39 Å². The second-order valence-electron chi connectivity index (χ2n) is 28.6. The number of unbranched alkanes of at least 4 members (excludes halogenated alkanes) is 9. The Morgan fingerprint density at radius 2 is 1.35 bits per heavy atom. The maximum atomic E-state index is 14.2. The topological polar surface area (TPSA) is 304 Å². The van der Waals surface area contributed by atoms with Gasteiger partial charge in [0.05, 0.1) is 65.9 Å². The quantitative estimate of drug-likeness (QED) is 0.0210. The molecule has 2 aromatic carbocycles. The van der Waals surface area contributed by atoms with E-state index >= 15 is 0 Å². The maximum Gasteiger partial charge on any atom is 0.397 e. The summed E-state index contributed by atoms with van der Waals surface area (Å²) in [4.78, 5) is 57.3. The largest absolute Gasteiger partial charge is 0.459 e. The number of halogens is 2. The molecule has 0 aliphatic carbocycles. The van der Waals surface area contributed by atoms with Crippen LogP contribution in [0.2, 0.25) is 5.02 Å². The molecule has 4 aliphatic rings. The van der Waals surface area contributed by atoms with E-state index in [2.05, 4.69) is 16.0 Å². The fraction of sp³-hybridized carbons (Fsp3) is 0.781. The number of aliphatic hydroxyl groups excluding tert-OH is 2. The van der Waals surface area contributed by atoms with Gasteiger partial charge in [0.1, 0.15) is 29.4 Å². The lowest BCUT2D eigenvalue weighted by atomic mass is 9.74. The molecule has 0 spiro atoms. The minimum Gasteiger partial charge on any atom is -0.459 e. The average Bonchev–Trinajstić information content (AvgIpc) is 0.776. The third-order valence-corrected chi connectivity index (χ3v) is 20.9. The summed E-state index contributed by atoms with van der Waals surface area (Å²) < 4.78 is 89.5. The van der Waals surface area contributed by atoms with Crippen LogP contribution in [0.25, 0.3) is 0 Å². The highest BCUT2D eigenvalue weighted by Crippen LogP contribution is 2.42. The van der Waals surface area contributed by atoms with Crippen molar-refractivity contribution in [1.29, 1.82) is 0 Å². The molecule has 2 aromatic rings. The number of carbonyl (C=O) groups is 4. The number of likely N-dealkylation sites (N-methyl/N-ethyl adjacent to an activating group) is 1. The maximum absolute atomic E-state index is 14.2. The fourth-order valence-corrected chi connectivity index (χ4v) is 14.4. The molecule has 4 fully saturated rings. The number of benzene rings is 2. The Morgan fingerprint density at radius 1 is 0.765 bits per heavy atom. The molecule has 6 rings (SSSR count). The number of esters is 2. The van der Waals surface area contributed by atoms with E-state index in [4.69, 9.17) is 49.3 Å². The first-order chi connectivity index (χ1) is 45.9. The van der Waals surface area contributed by atoms with E-state index in [1.165, 1.54) is 97.1 Å². The van der Waals surface area contributed by atoms with Crippen molar-refractivity contribution in [2.75, 3.05) is 47.4 Å². The zero-order chi connectivity index (χ0) is 73.5. The van der Waals surface area contributed by atoms with Crippen LogP contribution in [0.5, 0.6) is 0 Å². The van der Waals surface area contributed by atoms with Gasteiger partial charge in [0.25, 0.3) is 0 Å². The summed E-state index contributed by atoms with van der Waals surface area (Å²) in [6, 6.07) is 12.8. The van der Waals surface area contributed by atoms with Crippen LogP contribution in [0.3, 0.4) is 0 Å². The number of aliphatic hydroxyl groups is 5. The third-order valence-electron chi connectivity index (χ3n) is 20.2. The minimum absolute atomic E-state index is 0.0414. The number of hydrogen-bond acceptors (Lipinski definition) is 21. The van der Waals surface area contributed by atoms with Gasteiger partial charge in [0, 0.05) is 67.8 Å². The predicted octanol–water partition coefficient (Wildman–Crippen LogP) is 10.9. The summed E-state index contributed by atoms with van der Waals surface area (Å²) >= 11 is 5.92. The number of methoxy groups -OCH3 is 1. The van der Waals surface area contributed by atoms with E-state index in [1.54, 1.807) is 48.5 Å². The monoisotopic (exact) mass is 1430 g/mol. The number of ether oxygens (including phenoxy) is 7. The van der Waals surface area contributed by atoms with Crippen molar-refractivity contribution in [2.45, 2.75) is 295 Å². The van der Waals surface area contributed by atoms with E-state index in [9.17, 15) is 57.5 Å². The summed E-state index contributed by atoms with van der Waals surface area (Å²) in [5.74, 6) is -5.88. The molecule has 6 N–H and O–H groups in total. The number of nitrogens with zero attached hydrogens (tertiary/aromatic N) is 2. The van der Waals surface area contributed by atoms with E-state index < -0.39 is 130 Å². The Hall–Kier alpha value is -3.67. The average molecular weight is 1430 g/mol. The first kappa shape index (κ1) is 86.7. The van der Waals surface area contributed by atoms with E-state index in [0.717, 1.165) is 44.5 Å². The van der Waals surface area contributed by atoms with Gasteiger partial charge in [-0.15, -0.1) is 0 Å². The highest BCUT2D eigenvalue weighted by molar-refractivity contribution is 7.80. The van der Waals surface area contributed by atoms with Gasteiger partial charge in [-0.3, -0.25) is 23.7 Å². The summed E-state index contributed by atoms with van der Waals surface area (Å²) in [7, 11) is 0.973. The SMILES string of the molecule is CCC(=O)OC1C(OC2C(C)C(OC3CC(C)(OC)C(O)C(C)O3)C(C)C(=O)OC(CC)C(C)(O)C(O)C(C)C(=O)C(C)CC2(C)O)OC(C)CC1N(C)C.CCCCCCCCCCCCOS(=O)(=O)O.O=C(CCCN1CCC(O)(c2ccc(Cl)cc2)CC1)c1ccc(F)cc1. The van der Waals surface area contributed by atoms with Crippen molar-refractivity contribution in [3.63, 3.8) is 0 Å². The van der Waals surface area contributed by atoms with Crippen LogP contribution in [0, 0.1) is 29.5 Å². The van der Waals surface area contributed by atoms with Crippen molar-refractivity contribution in [3.8, 4) is 0 Å². The van der Waals surface area contributed by atoms with Crippen molar-refractivity contribution in [2.24, 2.45) is 23.7 Å². The summed E-state index contributed by atoms with van der Waals surface area (Å²) in [5.41, 5.74) is -4.25. The van der Waals surface area contributed by atoms with Gasteiger partial charge >= 0.3 is 22.3 Å². The molecular weight excluding hydrogens is 1310 g/mol. The molecule has 0 radical (unpaired) electrons. The number of piperidine rings is 1. The molecular formula is C73H120ClFN2O20S. The smallest absolute Gasteiger partial charge is 0.397 e. The lowest BCUT2D eigenvalue weighted by molar-refractivity contribution is -0.319. The van der Waals surface area contributed by atoms with E-state index in [-0.39, 0.29) is 56.0 Å². The highest BCUT2D eigenvalue weighted by Gasteiger charge is 2.54. The number of cyclic esters (lactones) is 1. The standard InChI is InChI=1S/C40H71NO14.C21H23ClFNO2.C12H26O4S/c1-15-27-40(11,48)33(44)22(5)30(43)20(3)18-38(9,47)35(55-37-32(53-28(42)16-2)26(41(12)13)17-21(4)50-37)23(6)31(24(7)36(46)52-27)54-29-19-39(10,49-14)34(45)25(8)51-29;22-18-7-5-17(6-8-18)21(26)11-14-24(15-12-21)13-1-2-20(25)16-3-9-19(23)10-4-16;1-2-3-4-5-6-7-8-9-10-11-12-16-17(13,14)15/h20-27,29,31-35,37,44-45,47-48H,15-19H2,1-14H3;3-10,26H,1-2,11-15H2;2-12H2,1H3,(H,13,14,15). The number of likely N-dealkylation sites (tertiary alicyclic amines) is 1. The van der Waals surface area contributed by atoms with Crippen molar-refractivity contribution in [3.05, 3.63) is 70.5 Å². The molecule has 0 aromatic heterocycles. The molecule has 0 amide bonds. The Morgan fingerprint density at radius 3 is 1.89 bits per heavy atom. The molecule has 4 aliphatic heterocycles. The summed E-state index contributed by atoms with van der Waals surface area (Å²) in [5, 5.41) is 58.1. The molecule has 0 bridgehead atoms. The number of carbonyl (C=O) groups excluding carboxylic acids is 4. The molecule has 98 heavy (non-hydrogen) atoms. The first-order valence-corrected chi connectivity index (χ1v) is 37.3. The van der Waals surface area contributed by atoms with Gasteiger partial charge in [-0.1, -0.05) is 123 Å². The molecule has 18 atom stereocenters. The highest BCUT2D eigenvalue weighted by atomic mass is 35.5.